The maximum atomic E-state index is 12.7. The van der Waals surface area contributed by atoms with Crippen LogP contribution in [0.15, 0.2) is 66.7 Å². The van der Waals surface area contributed by atoms with Crippen LogP contribution in [0, 0.1) is 0 Å². The number of carbonyl (C=O) groups excluding carboxylic acids is 1. The van der Waals surface area contributed by atoms with Crippen molar-refractivity contribution in [2.45, 2.75) is 12.8 Å². The van der Waals surface area contributed by atoms with Gasteiger partial charge >= 0.3 is 0 Å². The Morgan fingerprint density at radius 2 is 1.72 bits per heavy atom. The highest BCUT2D eigenvalue weighted by Crippen LogP contribution is 2.28. The number of para-hydroxylation sites is 1. The molecule has 148 valence electrons. The van der Waals surface area contributed by atoms with Gasteiger partial charge in [-0.25, -0.2) is 0 Å². The van der Waals surface area contributed by atoms with Gasteiger partial charge in [0.2, 0.25) is 0 Å². The first kappa shape index (κ1) is 19.4. The largest absolute Gasteiger partial charge is 0.493 e. The van der Waals surface area contributed by atoms with E-state index in [1.165, 1.54) is 17.3 Å². The van der Waals surface area contributed by atoms with Gasteiger partial charge in [0.05, 0.1) is 6.61 Å². The fourth-order valence-electron chi connectivity index (χ4n) is 3.91. The summed E-state index contributed by atoms with van der Waals surface area (Å²) in [5, 5.41) is 3.43. The van der Waals surface area contributed by atoms with E-state index < -0.39 is 0 Å². The Bertz CT molecular complexity index is 1160. The highest BCUT2D eigenvalue weighted by Gasteiger charge is 2.20. The van der Waals surface area contributed by atoms with E-state index in [2.05, 4.69) is 35.1 Å². The van der Waals surface area contributed by atoms with Gasteiger partial charge in [0.25, 0.3) is 5.91 Å². The fourth-order valence-corrected chi connectivity index (χ4v) is 4.19. The van der Waals surface area contributed by atoms with E-state index in [9.17, 15) is 4.79 Å². The van der Waals surface area contributed by atoms with Crippen LogP contribution in [0.4, 0.5) is 0 Å². The molecule has 0 aliphatic carbocycles. The predicted molar refractivity (Wildman–Crippen MR) is 122 cm³/mol. The van der Waals surface area contributed by atoms with Crippen molar-refractivity contribution < 1.29 is 9.53 Å². The van der Waals surface area contributed by atoms with Crippen LogP contribution in [0.1, 0.15) is 22.5 Å². The molecule has 0 bridgehead atoms. The molecule has 0 unspecified atom stereocenters. The van der Waals surface area contributed by atoms with E-state index in [4.69, 9.17) is 4.74 Å². The lowest BCUT2D eigenvalue weighted by molar-refractivity contribution is 0.0976. The molecule has 1 N–H and O–H groups in total. The van der Waals surface area contributed by atoms with Gasteiger partial charge in [-0.3, -0.25) is 9.52 Å². The highest BCUT2D eigenvalue weighted by atomic mass is 32.2. The maximum absolute atomic E-state index is 12.7. The topological polar surface area (TPSA) is 43.3 Å². The second-order valence-corrected chi connectivity index (χ2v) is 7.58. The molecule has 0 radical (unpaired) electrons. The SMILES string of the molecule is CSNC(=O)c1c(CCCOc2cccc3ccccc23)c2ccccc2n1C. The third-order valence-corrected chi connectivity index (χ3v) is 5.59. The lowest BCUT2D eigenvalue weighted by Crippen LogP contribution is -2.20. The van der Waals surface area contributed by atoms with Crippen molar-refractivity contribution in [1.29, 1.82) is 0 Å². The summed E-state index contributed by atoms with van der Waals surface area (Å²) in [4.78, 5) is 12.7. The number of hydrogen-bond acceptors (Lipinski definition) is 3. The minimum absolute atomic E-state index is 0.0545. The molecule has 0 fully saturated rings. The van der Waals surface area contributed by atoms with Crippen molar-refractivity contribution >= 4 is 39.5 Å². The number of benzene rings is 3. The molecular formula is C24H24N2O2S. The number of amides is 1. The van der Waals surface area contributed by atoms with Gasteiger partial charge in [-0.05, 0) is 35.9 Å². The van der Waals surface area contributed by atoms with Gasteiger partial charge in [-0.15, -0.1) is 0 Å². The Morgan fingerprint density at radius 3 is 2.55 bits per heavy atom. The summed E-state index contributed by atoms with van der Waals surface area (Å²) in [7, 11) is 1.95. The summed E-state index contributed by atoms with van der Waals surface area (Å²) in [5.41, 5.74) is 2.88. The van der Waals surface area contributed by atoms with Crippen LogP contribution in [0.25, 0.3) is 21.7 Å². The Kier molecular flexibility index (Phi) is 5.76. The van der Waals surface area contributed by atoms with E-state index in [-0.39, 0.29) is 5.91 Å². The van der Waals surface area contributed by atoms with Crippen LogP contribution >= 0.6 is 11.9 Å². The van der Waals surface area contributed by atoms with Crippen LogP contribution in [-0.2, 0) is 13.5 Å². The minimum Gasteiger partial charge on any atom is -0.493 e. The highest BCUT2D eigenvalue weighted by molar-refractivity contribution is 7.97. The molecule has 0 saturated heterocycles. The molecule has 29 heavy (non-hydrogen) atoms. The third-order valence-electron chi connectivity index (χ3n) is 5.20. The number of aromatic nitrogens is 1. The van der Waals surface area contributed by atoms with Gasteiger partial charge in [0.15, 0.2) is 0 Å². The lowest BCUT2D eigenvalue weighted by Gasteiger charge is -2.10. The van der Waals surface area contributed by atoms with E-state index >= 15 is 0 Å². The molecule has 0 atom stereocenters. The summed E-state index contributed by atoms with van der Waals surface area (Å²) in [6.07, 6.45) is 3.47. The summed E-state index contributed by atoms with van der Waals surface area (Å²) in [6, 6.07) is 22.5. The zero-order valence-corrected chi connectivity index (χ0v) is 17.5. The summed E-state index contributed by atoms with van der Waals surface area (Å²) < 4.78 is 11.0. The molecule has 1 heterocycles. The van der Waals surface area contributed by atoms with E-state index in [0.29, 0.717) is 6.61 Å². The van der Waals surface area contributed by atoms with Gasteiger partial charge in [0.1, 0.15) is 11.4 Å². The maximum Gasteiger partial charge on any atom is 0.278 e. The van der Waals surface area contributed by atoms with Crippen molar-refractivity contribution in [3.8, 4) is 5.75 Å². The molecular weight excluding hydrogens is 380 g/mol. The molecule has 5 heteroatoms. The average molecular weight is 405 g/mol. The molecule has 4 aromatic rings. The first-order valence-corrected chi connectivity index (χ1v) is 10.9. The monoisotopic (exact) mass is 404 g/mol. The van der Waals surface area contributed by atoms with Gasteiger partial charge < -0.3 is 9.30 Å². The molecule has 4 rings (SSSR count). The number of nitrogens with one attached hydrogen (secondary N) is 1. The third kappa shape index (κ3) is 3.83. The van der Waals surface area contributed by atoms with Crippen LogP contribution < -0.4 is 9.46 Å². The molecule has 1 amide bonds. The molecule has 4 nitrogen and oxygen atoms in total. The van der Waals surface area contributed by atoms with Crippen molar-refractivity contribution in [1.82, 2.24) is 9.29 Å². The second kappa shape index (κ2) is 8.62. The van der Waals surface area contributed by atoms with E-state index in [1.54, 1.807) is 0 Å². The van der Waals surface area contributed by atoms with Crippen LogP contribution in [0.3, 0.4) is 0 Å². The van der Waals surface area contributed by atoms with E-state index in [0.717, 1.165) is 46.1 Å². The smallest absolute Gasteiger partial charge is 0.278 e. The normalized spacial score (nSPS) is 11.1. The zero-order valence-electron chi connectivity index (χ0n) is 16.6. The molecule has 0 saturated carbocycles. The van der Waals surface area contributed by atoms with Crippen molar-refractivity contribution in [3.63, 3.8) is 0 Å². The molecule has 0 aliphatic rings. The number of nitrogens with zero attached hydrogens (tertiary/aromatic N) is 1. The standard InChI is InChI=1S/C24H24N2O2S/c1-26-21-14-6-5-12-19(21)20(23(26)24(27)25-29-2)13-8-16-28-22-15-7-10-17-9-3-4-11-18(17)22/h3-7,9-12,14-15H,8,13,16H2,1-2H3,(H,25,27). The van der Waals surface area contributed by atoms with Gasteiger partial charge in [-0.2, -0.15) is 0 Å². The Hall–Kier alpha value is -2.92. The van der Waals surface area contributed by atoms with Crippen molar-refractivity contribution in [2.24, 2.45) is 7.05 Å². The number of ether oxygens (including phenoxy) is 1. The van der Waals surface area contributed by atoms with Crippen molar-refractivity contribution in [2.75, 3.05) is 12.9 Å². The lowest BCUT2D eigenvalue weighted by atomic mass is 10.1. The number of carbonyl (C=O) groups is 1. The average Bonchev–Trinajstić information content (AvgIpc) is 3.03. The molecule has 3 aromatic carbocycles. The molecule has 0 aliphatic heterocycles. The fraction of sp³-hybridized carbons (Fsp3) is 0.208. The first-order chi connectivity index (χ1) is 14.2. The number of aryl methyl sites for hydroxylation is 2. The summed E-state index contributed by atoms with van der Waals surface area (Å²) in [5.74, 6) is 0.850. The quantitative estimate of drug-likeness (QED) is 0.333. The molecule has 1 aromatic heterocycles. The van der Waals surface area contributed by atoms with Crippen LogP contribution in [0.2, 0.25) is 0 Å². The summed E-state index contributed by atoms with van der Waals surface area (Å²) in [6.45, 7) is 0.598. The first-order valence-electron chi connectivity index (χ1n) is 9.71. The van der Waals surface area contributed by atoms with Gasteiger partial charge in [-0.1, -0.05) is 66.5 Å². The zero-order chi connectivity index (χ0) is 20.2. The number of hydrogen-bond donors (Lipinski definition) is 1. The van der Waals surface area contributed by atoms with Crippen LogP contribution in [0.5, 0.6) is 5.75 Å². The molecule has 0 spiro atoms. The minimum atomic E-state index is -0.0545. The van der Waals surface area contributed by atoms with Gasteiger partial charge in [0, 0.05) is 29.6 Å². The van der Waals surface area contributed by atoms with Crippen molar-refractivity contribution in [3.05, 3.63) is 78.0 Å². The number of rotatable bonds is 7. The Labute approximate surface area is 175 Å². The predicted octanol–water partition coefficient (Wildman–Crippen LogP) is 5.35. The number of fused-ring (bicyclic) bond motifs is 2. The summed E-state index contributed by atoms with van der Waals surface area (Å²) >= 11 is 1.32. The second-order valence-electron chi connectivity index (χ2n) is 6.97. The Balaban J connectivity index is 1.53. The van der Waals surface area contributed by atoms with Crippen LogP contribution in [-0.4, -0.2) is 23.3 Å². The Morgan fingerprint density at radius 1 is 1.00 bits per heavy atom. The van der Waals surface area contributed by atoms with E-state index in [1.807, 2.05) is 54.3 Å².